The molecule has 2 aromatic rings. The first-order chi connectivity index (χ1) is 14.5. The Kier molecular flexibility index (Phi) is 8.43. The number of nitrogens with one attached hydrogen (secondary N) is 2. The summed E-state index contributed by atoms with van der Waals surface area (Å²) in [5, 5.41) is 7.51. The summed E-state index contributed by atoms with van der Waals surface area (Å²) >= 11 is 0. The third kappa shape index (κ3) is 8.19. The predicted molar refractivity (Wildman–Crippen MR) is 120 cm³/mol. The van der Waals surface area contributed by atoms with Gasteiger partial charge in [0.05, 0.1) is 17.5 Å². The molecule has 0 unspecified atom stereocenters. The molecule has 0 fully saturated rings. The van der Waals surface area contributed by atoms with Gasteiger partial charge in [-0.25, -0.2) is 13.1 Å². The lowest BCUT2D eigenvalue weighted by atomic mass is 10.1. The van der Waals surface area contributed by atoms with Gasteiger partial charge in [0.15, 0.2) is 0 Å². The Morgan fingerprint density at radius 1 is 1.03 bits per heavy atom. The molecule has 0 aromatic heterocycles. The SMILES string of the molecule is CCS(=O)(=O)N[C@H](COc1cccc(C(=N)N)c1)Cc1ccc(OS(=O)(=O)CC)cc1. The van der Waals surface area contributed by atoms with Crippen LogP contribution in [0.25, 0.3) is 0 Å². The molecule has 0 aliphatic heterocycles. The smallest absolute Gasteiger partial charge is 0.308 e. The van der Waals surface area contributed by atoms with Crippen molar-refractivity contribution in [3.8, 4) is 11.5 Å². The van der Waals surface area contributed by atoms with E-state index in [0.717, 1.165) is 5.56 Å². The zero-order valence-electron chi connectivity index (χ0n) is 17.4. The molecule has 0 saturated heterocycles. The van der Waals surface area contributed by atoms with Crippen LogP contribution in [0, 0.1) is 5.41 Å². The molecule has 9 nitrogen and oxygen atoms in total. The van der Waals surface area contributed by atoms with Gasteiger partial charge >= 0.3 is 10.1 Å². The first-order valence-electron chi connectivity index (χ1n) is 9.62. The fourth-order valence-electron chi connectivity index (χ4n) is 2.59. The number of amidine groups is 1. The number of rotatable bonds is 12. The summed E-state index contributed by atoms with van der Waals surface area (Å²) in [4.78, 5) is 0. The van der Waals surface area contributed by atoms with Crippen LogP contribution in [0.15, 0.2) is 48.5 Å². The molecule has 0 radical (unpaired) electrons. The van der Waals surface area contributed by atoms with Gasteiger partial charge in [0, 0.05) is 5.56 Å². The van der Waals surface area contributed by atoms with Crippen LogP contribution < -0.4 is 19.4 Å². The zero-order valence-corrected chi connectivity index (χ0v) is 19.0. The summed E-state index contributed by atoms with van der Waals surface area (Å²) in [5.41, 5.74) is 6.76. The number of nitrogen functional groups attached to an aromatic ring is 1. The van der Waals surface area contributed by atoms with E-state index in [4.69, 9.17) is 20.1 Å². The molecule has 0 spiro atoms. The summed E-state index contributed by atoms with van der Waals surface area (Å²) in [6.07, 6.45) is 0.312. The van der Waals surface area contributed by atoms with Crippen LogP contribution in [0.5, 0.6) is 11.5 Å². The second-order valence-electron chi connectivity index (χ2n) is 6.75. The zero-order chi connectivity index (χ0) is 23.1. The third-order valence-electron chi connectivity index (χ3n) is 4.30. The van der Waals surface area contributed by atoms with Gasteiger partial charge < -0.3 is 14.7 Å². The Morgan fingerprint density at radius 3 is 2.29 bits per heavy atom. The Bertz CT molecular complexity index is 1100. The van der Waals surface area contributed by atoms with Gasteiger partial charge in [0.25, 0.3) is 0 Å². The number of hydrogen-bond donors (Lipinski definition) is 3. The van der Waals surface area contributed by atoms with Crippen LogP contribution in [-0.2, 0) is 26.6 Å². The summed E-state index contributed by atoms with van der Waals surface area (Å²) in [5.74, 6) is 0.333. The molecule has 170 valence electrons. The average Bonchev–Trinajstić information content (AvgIpc) is 2.73. The summed E-state index contributed by atoms with van der Waals surface area (Å²) in [6, 6.07) is 12.5. The van der Waals surface area contributed by atoms with Crippen LogP contribution in [-0.4, -0.2) is 46.8 Å². The van der Waals surface area contributed by atoms with Crippen LogP contribution >= 0.6 is 0 Å². The summed E-state index contributed by atoms with van der Waals surface area (Å²) in [6.45, 7) is 3.07. The maximum absolute atomic E-state index is 12.1. The summed E-state index contributed by atoms with van der Waals surface area (Å²) in [7, 11) is -7.11. The Hall–Kier alpha value is -2.63. The quantitative estimate of drug-likeness (QED) is 0.243. The van der Waals surface area contributed by atoms with E-state index in [0.29, 0.717) is 17.7 Å². The minimum absolute atomic E-state index is 0.0447. The molecule has 31 heavy (non-hydrogen) atoms. The van der Waals surface area contributed by atoms with Crippen molar-refractivity contribution in [2.45, 2.75) is 26.3 Å². The van der Waals surface area contributed by atoms with E-state index in [2.05, 4.69) is 4.72 Å². The fourth-order valence-corrected chi connectivity index (χ4v) is 3.94. The maximum Gasteiger partial charge on any atom is 0.308 e. The van der Waals surface area contributed by atoms with Crippen molar-refractivity contribution in [3.05, 3.63) is 59.7 Å². The van der Waals surface area contributed by atoms with Gasteiger partial charge in [-0.3, -0.25) is 5.41 Å². The van der Waals surface area contributed by atoms with E-state index in [1.54, 1.807) is 36.4 Å². The molecule has 2 aromatic carbocycles. The van der Waals surface area contributed by atoms with Crippen molar-refractivity contribution in [1.82, 2.24) is 4.72 Å². The monoisotopic (exact) mass is 469 g/mol. The van der Waals surface area contributed by atoms with Crippen molar-refractivity contribution in [2.24, 2.45) is 5.73 Å². The number of ether oxygens (including phenoxy) is 1. The van der Waals surface area contributed by atoms with E-state index < -0.39 is 26.2 Å². The van der Waals surface area contributed by atoms with Crippen molar-refractivity contribution in [2.75, 3.05) is 18.1 Å². The molecule has 0 amide bonds. The number of benzene rings is 2. The molecular weight excluding hydrogens is 442 g/mol. The lowest BCUT2D eigenvalue weighted by Crippen LogP contribution is -2.41. The molecule has 0 saturated carbocycles. The predicted octanol–water partition coefficient (Wildman–Crippen LogP) is 1.63. The van der Waals surface area contributed by atoms with Crippen molar-refractivity contribution in [3.63, 3.8) is 0 Å². The van der Waals surface area contributed by atoms with Crippen LogP contribution in [0.3, 0.4) is 0 Å². The second-order valence-corrected chi connectivity index (χ2v) is 10.7. The van der Waals surface area contributed by atoms with E-state index in [9.17, 15) is 16.8 Å². The normalized spacial score (nSPS) is 12.8. The Morgan fingerprint density at radius 2 is 1.71 bits per heavy atom. The number of hydrogen-bond acceptors (Lipinski definition) is 7. The molecule has 0 bridgehead atoms. The van der Waals surface area contributed by atoms with Gasteiger partial charge in [-0.15, -0.1) is 0 Å². The summed E-state index contributed by atoms with van der Waals surface area (Å²) < 4.78 is 60.7. The van der Waals surface area contributed by atoms with E-state index in [-0.39, 0.29) is 29.7 Å². The highest BCUT2D eigenvalue weighted by atomic mass is 32.2. The highest BCUT2D eigenvalue weighted by Gasteiger charge is 2.18. The van der Waals surface area contributed by atoms with E-state index in [1.807, 2.05) is 0 Å². The highest BCUT2D eigenvalue weighted by Crippen LogP contribution is 2.17. The minimum atomic E-state index is -3.62. The lowest BCUT2D eigenvalue weighted by Gasteiger charge is -2.19. The largest absolute Gasteiger partial charge is 0.492 e. The van der Waals surface area contributed by atoms with Crippen LogP contribution in [0.1, 0.15) is 25.0 Å². The van der Waals surface area contributed by atoms with Crippen molar-refractivity contribution < 1.29 is 25.8 Å². The topological polar surface area (TPSA) is 149 Å². The number of nitrogens with two attached hydrogens (primary N) is 1. The minimum Gasteiger partial charge on any atom is -0.492 e. The molecule has 0 aliphatic rings. The van der Waals surface area contributed by atoms with Crippen molar-refractivity contribution >= 4 is 26.0 Å². The maximum atomic E-state index is 12.1. The van der Waals surface area contributed by atoms with Gasteiger partial charge in [-0.2, -0.15) is 8.42 Å². The highest BCUT2D eigenvalue weighted by molar-refractivity contribution is 7.89. The van der Waals surface area contributed by atoms with Gasteiger partial charge in [0.2, 0.25) is 10.0 Å². The Labute approximate surface area is 183 Å². The van der Waals surface area contributed by atoms with Gasteiger partial charge in [-0.1, -0.05) is 24.3 Å². The standard InChI is InChI=1S/C20H27N3O6S2/c1-3-30(24,25)23-17(14-28-19-7-5-6-16(13-19)20(21)22)12-15-8-10-18(11-9-15)29-31(26,27)4-2/h5-11,13,17,23H,3-4,12,14H2,1-2H3,(H3,21,22)/t17-/m0/s1. The van der Waals surface area contributed by atoms with Gasteiger partial charge in [0.1, 0.15) is 23.9 Å². The molecule has 2 rings (SSSR count). The first kappa shape index (κ1) is 24.6. The fraction of sp³-hybridized carbons (Fsp3) is 0.350. The molecule has 0 aliphatic carbocycles. The average molecular weight is 470 g/mol. The lowest BCUT2D eigenvalue weighted by molar-refractivity contribution is 0.278. The molecule has 1 atom stereocenters. The first-order valence-corrected chi connectivity index (χ1v) is 12.8. The second kappa shape index (κ2) is 10.6. The van der Waals surface area contributed by atoms with E-state index >= 15 is 0 Å². The van der Waals surface area contributed by atoms with Crippen LogP contribution in [0.4, 0.5) is 0 Å². The number of sulfonamides is 1. The Balaban J connectivity index is 2.13. The molecule has 4 N–H and O–H groups in total. The molecule has 11 heteroatoms. The van der Waals surface area contributed by atoms with Gasteiger partial charge in [-0.05, 0) is 50.1 Å². The molecular formula is C20H27N3O6S2. The van der Waals surface area contributed by atoms with E-state index in [1.165, 1.54) is 26.0 Å². The van der Waals surface area contributed by atoms with Crippen LogP contribution in [0.2, 0.25) is 0 Å². The van der Waals surface area contributed by atoms with Crippen molar-refractivity contribution in [1.29, 1.82) is 5.41 Å². The molecule has 0 heterocycles. The third-order valence-corrected chi connectivity index (χ3v) is 6.91.